The summed E-state index contributed by atoms with van der Waals surface area (Å²) >= 11 is 6.25. The summed E-state index contributed by atoms with van der Waals surface area (Å²) in [5, 5.41) is 14.1. The highest BCUT2D eigenvalue weighted by Gasteiger charge is 2.23. The minimum absolute atomic E-state index is 0.119. The first kappa shape index (κ1) is 23.2. The highest BCUT2D eigenvalue weighted by molar-refractivity contribution is 6.30. The number of halogens is 1. The van der Waals surface area contributed by atoms with Crippen LogP contribution in [0.4, 0.5) is 0 Å². The average molecular weight is 467 g/mol. The SMILES string of the molecule is O=C(O)COC[C@H]1CC[C@@H](Cn2nc(-c3cccc(Cl)c3)c(-c3ccccc3)cc2=O)CC1. The minimum Gasteiger partial charge on any atom is -0.480 e. The molecule has 1 heterocycles. The van der Waals surface area contributed by atoms with Gasteiger partial charge in [0.2, 0.25) is 0 Å². The van der Waals surface area contributed by atoms with Crippen LogP contribution in [0.5, 0.6) is 0 Å². The standard InChI is InChI=1S/C26H27ClN2O4/c27-22-8-4-7-21(13-22)26-23(20-5-2-1-3-6-20)14-24(30)29(28-26)15-18-9-11-19(12-10-18)16-33-17-25(31)32/h1-8,13-14,18-19H,9-12,15-17H2,(H,31,32)/t18-,19+. The van der Waals surface area contributed by atoms with E-state index < -0.39 is 5.97 Å². The van der Waals surface area contributed by atoms with E-state index in [-0.39, 0.29) is 12.2 Å². The molecular formula is C26H27ClN2O4. The van der Waals surface area contributed by atoms with Crippen molar-refractivity contribution >= 4 is 17.6 Å². The van der Waals surface area contributed by atoms with Crippen LogP contribution in [-0.2, 0) is 16.1 Å². The van der Waals surface area contributed by atoms with Crippen LogP contribution in [0.1, 0.15) is 25.7 Å². The van der Waals surface area contributed by atoms with Crippen LogP contribution < -0.4 is 5.56 Å². The zero-order chi connectivity index (χ0) is 23.2. The maximum Gasteiger partial charge on any atom is 0.329 e. The van der Waals surface area contributed by atoms with Gasteiger partial charge in [-0.15, -0.1) is 0 Å². The molecule has 0 atom stereocenters. The highest BCUT2D eigenvalue weighted by atomic mass is 35.5. The Morgan fingerprint density at radius 1 is 1.00 bits per heavy atom. The van der Waals surface area contributed by atoms with Gasteiger partial charge < -0.3 is 9.84 Å². The van der Waals surface area contributed by atoms with Crippen LogP contribution in [0, 0.1) is 11.8 Å². The van der Waals surface area contributed by atoms with E-state index in [1.807, 2.05) is 54.6 Å². The molecule has 1 saturated carbocycles. The molecule has 7 heteroatoms. The molecule has 1 aliphatic rings. The Hall–Kier alpha value is -2.96. The Morgan fingerprint density at radius 2 is 1.70 bits per heavy atom. The first-order valence-corrected chi connectivity index (χ1v) is 11.6. The minimum atomic E-state index is -0.941. The lowest BCUT2D eigenvalue weighted by Gasteiger charge is -2.28. The molecule has 2 aromatic carbocycles. The largest absolute Gasteiger partial charge is 0.480 e. The molecule has 1 fully saturated rings. The quantitative estimate of drug-likeness (QED) is 0.497. The fourth-order valence-electron chi connectivity index (χ4n) is 4.45. The molecule has 0 saturated heterocycles. The summed E-state index contributed by atoms with van der Waals surface area (Å²) < 4.78 is 6.84. The molecule has 172 valence electrons. The van der Waals surface area contributed by atoms with Crippen molar-refractivity contribution in [1.82, 2.24) is 9.78 Å². The number of aliphatic carboxylic acids is 1. The fraction of sp³-hybridized carbons (Fsp3) is 0.346. The number of hydrogen-bond acceptors (Lipinski definition) is 4. The maximum absolute atomic E-state index is 13.0. The van der Waals surface area contributed by atoms with Crippen molar-refractivity contribution in [2.24, 2.45) is 11.8 Å². The van der Waals surface area contributed by atoms with E-state index in [4.69, 9.17) is 26.5 Å². The molecule has 0 amide bonds. The lowest BCUT2D eigenvalue weighted by molar-refractivity contribution is -0.142. The molecule has 0 bridgehead atoms. The van der Waals surface area contributed by atoms with Gasteiger partial charge in [-0.05, 0) is 55.2 Å². The van der Waals surface area contributed by atoms with Crippen LogP contribution in [0.2, 0.25) is 5.02 Å². The Balaban J connectivity index is 1.54. The molecule has 0 unspecified atom stereocenters. The van der Waals surface area contributed by atoms with Gasteiger partial charge in [0.15, 0.2) is 0 Å². The molecule has 33 heavy (non-hydrogen) atoms. The van der Waals surface area contributed by atoms with Crippen LogP contribution in [0.3, 0.4) is 0 Å². The topological polar surface area (TPSA) is 81.4 Å². The second-order valence-corrected chi connectivity index (χ2v) is 9.04. The molecule has 1 aromatic heterocycles. The summed E-state index contributed by atoms with van der Waals surface area (Å²) in [5.74, 6) is -0.225. The molecule has 1 N–H and O–H groups in total. The number of rotatable bonds is 8. The van der Waals surface area contributed by atoms with E-state index >= 15 is 0 Å². The second-order valence-electron chi connectivity index (χ2n) is 8.60. The molecule has 0 spiro atoms. The summed E-state index contributed by atoms with van der Waals surface area (Å²) in [4.78, 5) is 23.6. The first-order valence-electron chi connectivity index (χ1n) is 11.2. The molecule has 1 aliphatic carbocycles. The number of hydrogen-bond donors (Lipinski definition) is 1. The zero-order valence-electron chi connectivity index (χ0n) is 18.3. The second kappa shape index (κ2) is 10.8. The fourth-order valence-corrected chi connectivity index (χ4v) is 4.64. The number of nitrogens with zero attached hydrogens (tertiary/aromatic N) is 2. The molecule has 3 aromatic rings. The molecule has 6 nitrogen and oxygen atoms in total. The third-order valence-electron chi connectivity index (χ3n) is 6.16. The molecular weight excluding hydrogens is 440 g/mol. The van der Waals surface area contributed by atoms with E-state index in [9.17, 15) is 9.59 Å². The van der Waals surface area contributed by atoms with Crippen molar-refractivity contribution < 1.29 is 14.6 Å². The van der Waals surface area contributed by atoms with Gasteiger partial charge in [-0.25, -0.2) is 9.48 Å². The van der Waals surface area contributed by atoms with E-state index in [1.54, 1.807) is 10.7 Å². The van der Waals surface area contributed by atoms with Crippen molar-refractivity contribution in [3.8, 4) is 22.4 Å². The number of ether oxygens (including phenoxy) is 1. The predicted octanol–water partition coefficient (Wildman–Crippen LogP) is 5.14. The van der Waals surface area contributed by atoms with Crippen LogP contribution >= 0.6 is 11.6 Å². The lowest BCUT2D eigenvalue weighted by Crippen LogP contribution is -2.29. The third kappa shape index (κ3) is 6.09. The van der Waals surface area contributed by atoms with E-state index in [2.05, 4.69) is 0 Å². The van der Waals surface area contributed by atoms with Crippen LogP contribution in [0.15, 0.2) is 65.5 Å². The van der Waals surface area contributed by atoms with Crippen molar-refractivity contribution in [3.05, 3.63) is 76.0 Å². The number of carboxylic acids is 1. The Bertz CT molecular complexity index is 1150. The average Bonchev–Trinajstić information content (AvgIpc) is 2.81. The van der Waals surface area contributed by atoms with E-state index in [0.29, 0.717) is 30.0 Å². The monoisotopic (exact) mass is 466 g/mol. The molecule has 4 rings (SSSR count). The van der Waals surface area contributed by atoms with Gasteiger partial charge in [0, 0.05) is 28.8 Å². The van der Waals surface area contributed by atoms with Gasteiger partial charge in [0.1, 0.15) is 6.61 Å². The Morgan fingerprint density at radius 3 is 2.39 bits per heavy atom. The van der Waals surface area contributed by atoms with Crippen molar-refractivity contribution in [2.75, 3.05) is 13.2 Å². The summed E-state index contributed by atoms with van der Waals surface area (Å²) in [6, 6.07) is 19.0. The van der Waals surface area contributed by atoms with E-state index in [1.165, 1.54) is 0 Å². The van der Waals surface area contributed by atoms with Gasteiger partial charge in [0.05, 0.1) is 12.3 Å². The normalized spacial score (nSPS) is 18.2. The number of aromatic nitrogens is 2. The third-order valence-corrected chi connectivity index (χ3v) is 6.39. The summed E-state index contributed by atoms with van der Waals surface area (Å²) in [6.07, 6.45) is 3.84. The lowest BCUT2D eigenvalue weighted by atomic mass is 9.82. The van der Waals surface area contributed by atoms with Gasteiger partial charge in [-0.1, -0.05) is 54.1 Å². The number of carboxylic acid groups (broad SMARTS) is 1. The summed E-state index contributed by atoms with van der Waals surface area (Å²) in [5.41, 5.74) is 3.21. The Kier molecular flexibility index (Phi) is 7.57. The number of carbonyl (C=O) groups is 1. The smallest absolute Gasteiger partial charge is 0.329 e. The maximum atomic E-state index is 13.0. The van der Waals surface area contributed by atoms with Crippen LogP contribution in [0.25, 0.3) is 22.4 Å². The van der Waals surface area contributed by atoms with Crippen molar-refractivity contribution in [1.29, 1.82) is 0 Å². The highest BCUT2D eigenvalue weighted by Crippen LogP contribution is 2.32. The van der Waals surface area contributed by atoms with Crippen molar-refractivity contribution in [2.45, 2.75) is 32.2 Å². The van der Waals surface area contributed by atoms with E-state index in [0.717, 1.165) is 48.1 Å². The summed E-state index contributed by atoms with van der Waals surface area (Å²) in [7, 11) is 0. The van der Waals surface area contributed by atoms with Gasteiger partial charge in [-0.2, -0.15) is 5.10 Å². The Labute approximate surface area is 197 Å². The molecule has 0 radical (unpaired) electrons. The molecule has 0 aliphatic heterocycles. The summed E-state index contributed by atoms with van der Waals surface area (Å²) in [6.45, 7) is 0.783. The zero-order valence-corrected chi connectivity index (χ0v) is 19.1. The first-order chi connectivity index (χ1) is 16.0. The van der Waals surface area contributed by atoms with Gasteiger partial charge >= 0.3 is 5.97 Å². The predicted molar refractivity (Wildman–Crippen MR) is 128 cm³/mol. The van der Waals surface area contributed by atoms with Gasteiger partial charge in [-0.3, -0.25) is 4.79 Å². The van der Waals surface area contributed by atoms with Crippen molar-refractivity contribution in [3.63, 3.8) is 0 Å². The van der Waals surface area contributed by atoms with Crippen LogP contribution in [-0.4, -0.2) is 34.1 Å². The van der Waals surface area contributed by atoms with Gasteiger partial charge in [0.25, 0.3) is 5.56 Å². The number of benzene rings is 2.